The second-order valence-corrected chi connectivity index (χ2v) is 5.26. The normalized spacial score (nSPS) is 18.3. The van der Waals surface area contributed by atoms with E-state index in [1.165, 1.54) is 0 Å². The van der Waals surface area contributed by atoms with Gasteiger partial charge in [0.1, 0.15) is 5.54 Å². The first-order chi connectivity index (χ1) is 11.7. The van der Waals surface area contributed by atoms with Crippen molar-refractivity contribution in [3.8, 4) is 0 Å². The monoisotopic (exact) mass is 335 g/mol. The molecule has 4 heteroatoms. The molecule has 2 fully saturated rings. The quantitative estimate of drug-likeness (QED) is 0.838. The van der Waals surface area contributed by atoms with Crippen LogP contribution in [0.25, 0.3) is 0 Å². The Bertz CT molecular complexity index is 439. The molecular formula is C20H37N3O. The fourth-order valence-electron chi connectivity index (χ4n) is 3.02. The maximum absolute atomic E-state index is 12.3. The number of piperidine rings is 1. The molecule has 1 N–H and O–H groups in total. The van der Waals surface area contributed by atoms with Crippen molar-refractivity contribution in [2.75, 3.05) is 31.7 Å². The average Bonchev–Trinajstić information content (AvgIpc) is 2.99. The van der Waals surface area contributed by atoms with Crippen LogP contribution in [-0.4, -0.2) is 43.2 Å². The molecule has 138 valence electrons. The number of hydrogen-bond acceptors (Lipinski definition) is 3. The first-order valence-electron chi connectivity index (χ1n) is 9.52. The van der Waals surface area contributed by atoms with Crippen LogP contribution >= 0.6 is 0 Å². The zero-order valence-electron chi connectivity index (χ0n) is 16.7. The fourth-order valence-corrected chi connectivity index (χ4v) is 3.02. The Labute approximate surface area is 149 Å². The third kappa shape index (κ3) is 4.97. The number of amides is 1. The highest BCUT2D eigenvalue weighted by molar-refractivity contribution is 5.93. The van der Waals surface area contributed by atoms with Crippen LogP contribution in [0.5, 0.6) is 0 Å². The number of para-hydroxylation sites is 1. The van der Waals surface area contributed by atoms with Gasteiger partial charge in [0.05, 0.1) is 6.67 Å². The van der Waals surface area contributed by atoms with Gasteiger partial charge in [0, 0.05) is 18.8 Å². The number of nitrogens with one attached hydrogen (secondary N) is 1. The zero-order valence-corrected chi connectivity index (χ0v) is 16.7. The second kappa shape index (κ2) is 11.9. The van der Waals surface area contributed by atoms with E-state index in [1.807, 2.05) is 59.7 Å². The van der Waals surface area contributed by atoms with Crippen molar-refractivity contribution < 1.29 is 4.79 Å². The average molecular weight is 336 g/mol. The summed E-state index contributed by atoms with van der Waals surface area (Å²) in [5.74, 6) is 0.194. The molecule has 0 bridgehead atoms. The van der Waals surface area contributed by atoms with Crippen molar-refractivity contribution in [2.45, 2.75) is 59.9 Å². The van der Waals surface area contributed by atoms with Gasteiger partial charge in [0.15, 0.2) is 0 Å². The molecule has 2 saturated heterocycles. The van der Waals surface area contributed by atoms with E-state index in [2.05, 4.69) is 34.3 Å². The highest BCUT2D eigenvalue weighted by Crippen LogP contribution is 2.35. The predicted octanol–water partition coefficient (Wildman–Crippen LogP) is 4.12. The molecule has 0 aliphatic carbocycles. The van der Waals surface area contributed by atoms with E-state index in [0.717, 1.165) is 31.6 Å². The van der Waals surface area contributed by atoms with E-state index in [-0.39, 0.29) is 11.4 Å². The number of benzene rings is 1. The fraction of sp³-hybridized carbons (Fsp3) is 0.650. The molecule has 0 radical (unpaired) electrons. The smallest absolute Gasteiger partial charge is 0.247 e. The SMILES string of the molecule is CC.CC.CC.CN1CCC2(CC1)C(=O)NCN2c1ccccc1. The summed E-state index contributed by atoms with van der Waals surface area (Å²) in [5.41, 5.74) is 0.814. The largest absolute Gasteiger partial charge is 0.339 e. The van der Waals surface area contributed by atoms with Crippen molar-refractivity contribution in [3.63, 3.8) is 0 Å². The summed E-state index contributed by atoms with van der Waals surface area (Å²) in [6.45, 7) is 14.6. The summed E-state index contributed by atoms with van der Waals surface area (Å²) in [6.07, 6.45) is 1.81. The first-order valence-corrected chi connectivity index (χ1v) is 9.52. The van der Waals surface area contributed by atoms with Gasteiger partial charge in [0.2, 0.25) is 5.91 Å². The van der Waals surface area contributed by atoms with Crippen LogP contribution < -0.4 is 10.2 Å². The Morgan fingerprint density at radius 3 is 1.92 bits per heavy atom. The third-order valence-corrected chi connectivity index (χ3v) is 4.22. The van der Waals surface area contributed by atoms with Crippen LogP contribution in [0.4, 0.5) is 5.69 Å². The lowest BCUT2D eigenvalue weighted by molar-refractivity contribution is -0.125. The molecule has 1 spiro atoms. The molecule has 0 saturated carbocycles. The van der Waals surface area contributed by atoms with Crippen LogP contribution in [0.2, 0.25) is 0 Å². The van der Waals surface area contributed by atoms with Crippen molar-refractivity contribution >= 4 is 11.6 Å². The van der Waals surface area contributed by atoms with E-state index in [9.17, 15) is 4.79 Å². The van der Waals surface area contributed by atoms with Gasteiger partial charge in [-0.05, 0) is 32.0 Å². The molecule has 1 aromatic rings. The molecule has 3 rings (SSSR count). The molecule has 0 aromatic heterocycles. The lowest BCUT2D eigenvalue weighted by Crippen LogP contribution is -2.55. The van der Waals surface area contributed by atoms with Crippen LogP contribution in [0.1, 0.15) is 54.4 Å². The van der Waals surface area contributed by atoms with Gasteiger partial charge >= 0.3 is 0 Å². The number of likely N-dealkylation sites (tertiary alicyclic amines) is 1. The van der Waals surface area contributed by atoms with E-state index >= 15 is 0 Å². The van der Waals surface area contributed by atoms with Crippen LogP contribution in [0, 0.1) is 0 Å². The van der Waals surface area contributed by atoms with Gasteiger partial charge < -0.3 is 15.1 Å². The van der Waals surface area contributed by atoms with Crippen molar-refractivity contribution in [3.05, 3.63) is 30.3 Å². The lowest BCUT2D eigenvalue weighted by atomic mass is 9.86. The number of carbonyl (C=O) groups excluding carboxylic acids is 1. The third-order valence-electron chi connectivity index (χ3n) is 4.22. The summed E-state index contributed by atoms with van der Waals surface area (Å²) in [4.78, 5) is 16.8. The van der Waals surface area contributed by atoms with E-state index in [1.54, 1.807) is 0 Å². The zero-order chi connectivity index (χ0) is 18.6. The topological polar surface area (TPSA) is 35.6 Å². The number of rotatable bonds is 1. The number of hydrogen-bond donors (Lipinski definition) is 1. The molecule has 2 aliphatic rings. The molecule has 1 amide bonds. The molecule has 2 aliphatic heterocycles. The van der Waals surface area contributed by atoms with Crippen molar-refractivity contribution in [1.82, 2.24) is 10.2 Å². The van der Waals surface area contributed by atoms with E-state index in [4.69, 9.17) is 0 Å². The van der Waals surface area contributed by atoms with Gasteiger partial charge in [-0.15, -0.1) is 0 Å². The molecule has 4 nitrogen and oxygen atoms in total. The summed E-state index contributed by atoms with van der Waals surface area (Å²) in [7, 11) is 2.12. The highest BCUT2D eigenvalue weighted by Gasteiger charge is 2.49. The van der Waals surface area contributed by atoms with Crippen LogP contribution in [-0.2, 0) is 4.79 Å². The second-order valence-electron chi connectivity index (χ2n) is 5.26. The first kappa shape index (κ1) is 22.4. The maximum atomic E-state index is 12.3. The Morgan fingerprint density at radius 1 is 0.917 bits per heavy atom. The van der Waals surface area contributed by atoms with Gasteiger partial charge in [-0.25, -0.2) is 0 Å². The Morgan fingerprint density at radius 2 is 1.42 bits per heavy atom. The van der Waals surface area contributed by atoms with Gasteiger partial charge in [-0.1, -0.05) is 59.7 Å². The summed E-state index contributed by atoms with van der Waals surface area (Å²) >= 11 is 0. The van der Waals surface area contributed by atoms with Gasteiger partial charge in [0.25, 0.3) is 0 Å². The molecular weight excluding hydrogens is 298 g/mol. The minimum absolute atomic E-state index is 0.194. The van der Waals surface area contributed by atoms with Crippen molar-refractivity contribution in [1.29, 1.82) is 0 Å². The Hall–Kier alpha value is -1.55. The Kier molecular flexibility index (Phi) is 11.1. The van der Waals surface area contributed by atoms with E-state index < -0.39 is 0 Å². The number of carbonyl (C=O) groups is 1. The van der Waals surface area contributed by atoms with Gasteiger partial charge in [-0.2, -0.15) is 0 Å². The highest BCUT2D eigenvalue weighted by atomic mass is 16.2. The summed E-state index contributed by atoms with van der Waals surface area (Å²) in [6, 6.07) is 10.2. The Balaban J connectivity index is 0.000000798. The molecule has 24 heavy (non-hydrogen) atoms. The summed E-state index contributed by atoms with van der Waals surface area (Å²) in [5, 5.41) is 3.01. The number of nitrogens with zero attached hydrogens (tertiary/aromatic N) is 2. The lowest BCUT2D eigenvalue weighted by Gasteiger charge is -2.42. The maximum Gasteiger partial charge on any atom is 0.247 e. The molecule has 1 aromatic carbocycles. The molecule has 2 heterocycles. The number of anilines is 1. The molecule has 0 unspecified atom stereocenters. The predicted molar refractivity (Wildman–Crippen MR) is 105 cm³/mol. The van der Waals surface area contributed by atoms with E-state index in [0.29, 0.717) is 6.67 Å². The summed E-state index contributed by atoms with van der Waals surface area (Å²) < 4.78 is 0. The van der Waals surface area contributed by atoms with Gasteiger partial charge in [-0.3, -0.25) is 4.79 Å². The minimum atomic E-state index is -0.326. The van der Waals surface area contributed by atoms with Crippen LogP contribution in [0.3, 0.4) is 0 Å². The molecule has 0 atom stereocenters. The minimum Gasteiger partial charge on any atom is -0.339 e. The van der Waals surface area contributed by atoms with Crippen LogP contribution in [0.15, 0.2) is 30.3 Å². The standard InChI is InChI=1S/C14H19N3O.3C2H6/c1-16-9-7-14(8-10-16)13(18)15-11-17(14)12-5-3-2-4-6-12;3*1-2/h2-6H,7-11H2,1H3,(H,15,18);3*1-2H3. The van der Waals surface area contributed by atoms with Crippen molar-refractivity contribution in [2.24, 2.45) is 0 Å².